The summed E-state index contributed by atoms with van der Waals surface area (Å²) in [5.41, 5.74) is 3.04. The Balaban J connectivity index is 1.60. The molecule has 6 nitrogen and oxygen atoms in total. The van der Waals surface area contributed by atoms with Crippen LogP contribution in [-0.4, -0.2) is 40.1 Å². The second-order valence-corrected chi connectivity index (χ2v) is 7.17. The quantitative estimate of drug-likeness (QED) is 0.436. The maximum Gasteiger partial charge on any atom is 0.191 e. The molecule has 1 aromatic carbocycles. The fourth-order valence-corrected chi connectivity index (χ4v) is 3.10. The molecule has 3 aromatic rings. The Labute approximate surface area is 166 Å². The van der Waals surface area contributed by atoms with Crippen LogP contribution in [0.15, 0.2) is 59.9 Å². The van der Waals surface area contributed by atoms with Crippen molar-refractivity contribution in [1.29, 1.82) is 0 Å². The van der Waals surface area contributed by atoms with Gasteiger partial charge in [-0.1, -0.05) is 36.4 Å². The lowest BCUT2D eigenvalue weighted by atomic mass is 9.96. The van der Waals surface area contributed by atoms with Crippen molar-refractivity contribution in [2.75, 3.05) is 19.6 Å². The number of hydrogen-bond acceptors (Lipinski definition) is 3. The molecule has 6 heteroatoms. The zero-order valence-electron chi connectivity index (χ0n) is 16.8. The lowest BCUT2D eigenvalue weighted by Gasteiger charge is -2.22. The second kappa shape index (κ2) is 8.89. The van der Waals surface area contributed by atoms with Crippen LogP contribution >= 0.6 is 0 Å². The molecule has 3 N–H and O–H groups in total. The Bertz CT molecular complexity index is 931. The maximum absolute atomic E-state index is 10.7. The van der Waals surface area contributed by atoms with E-state index in [1.165, 1.54) is 5.56 Å². The molecular formula is C22H29N5O. The molecule has 1 unspecified atom stereocenters. The van der Waals surface area contributed by atoms with Gasteiger partial charge in [0, 0.05) is 31.9 Å². The van der Waals surface area contributed by atoms with Crippen molar-refractivity contribution in [2.45, 2.75) is 32.8 Å². The Morgan fingerprint density at radius 2 is 1.96 bits per heavy atom. The predicted octanol–water partition coefficient (Wildman–Crippen LogP) is 2.65. The Morgan fingerprint density at radius 3 is 2.68 bits per heavy atom. The number of pyridine rings is 1. The molecule has 0 aliphatic heterocycles. The average Bonchev–Trinajstić information content (AvgIpc) is 3.11. The van der Waals surface area contributed by atoms with Crippen LogP contribution in [0.2, 0.25) is 0 Å². The summed E-state index contributed by atoms with van der Waals surface area (Å²) in [7, 11) is 0. The highest BCUT2D eigenvalue weighted by atomic mass is 16.3. The molecule has 28 heavy (non-hydrogen) atoms. The van der Waals surface area contributed by atoms with Gasteiger partial charge in [0.15, 0.2) is 5.96 Å². The third kappa shape index (κ3) is 4.89. The molecular weight excluding hydrogens is 350 g/mol. The molecule has 2 heterocycles. The van der Waals surface area contributed by atoms with Gasteiger partial charge in [-0.15, -0.1) is 0 Å². The van der Waals surface area contributed by atoms with Gasteiger partial charge in [-0.2, -0.15) is 0 Å². The van der Waals surface area contributed by atoms with Gasteiger partial charge in [0.05, 0.1) is 12.2 Å². The average molecular weight is 380 g/mol. The van der Waals surface area contributed by atoms with Crippen LogP contribution in [0.4, 0.5) is 0 Å². The first-order valence-electron chi connectivity index (χ1n) is 9.73. The van der Waals surface area contributed by atoms with Gasteiger partial charge in [0.1, 0.15) is 11.2 Å². The zero-order valence-corrected chi connectivity index (χ0v) is 16.8. The van der Waals surface area contributed by atoms with E-state index in [-0.39, 0.29) is 6.54 Å². The van der Waals surface area contributed by atoms with Gasteiger partial charge >= 0.3 is 0 Å². The molecule has 2 aromatic heterocycles. The van der Waals surface area contributed by atoms with E-state index in [0.29, 0.717) is 12.5 Å². The molecule has 3 rings (SSSR count). The van der Waals surface area contributed by atoms with Crippen LogP contribution in [-0.2, 0) is 12.0 Å². The number of guanidine groups is 1. The Hall–Kier alpha value is -2.86. The third-order valence-electron chi connectivity index (χ3n) is 4.69. The molecule has 0 fully saturated rings. The van der Waals surface area contributed by atoms with E-state index >= 15 is 0 Å². The summed E-state index contributed by atoms with van der Waals surface area (Å²) >= 11 is 0. The number of aryl methyl sites for hydroxylation is 1. The minimum atomic E-state index is -1.01. The standard InChI is InChI=1S/C22H29N5O/c1-4-23-21(25-16-22(3,28)18-10-6-5-7-11-18)24-13-12-19-15-27-14-8-9-17(2)20(27)26-19/h5-11,14-15,28H,4,12-13,16H2,1-3H3,(H2,23,24,25). The molecule has 0 saturated heterocycles. The summed E-state index contributed by atoms with van der Waals surface area (Å²) in [5, 5.41) is 17.3. The van der Waals surface area contributed by atoms with E-state index in [1.54, 1.807) is 6.92 Å². The van der Waals surface area contributed by atoms with Gasteiger partial charge in [-0.25, -0.2) is 9.98 Å². The van der Waals surface area contributed by atoms with Crippen LogP contribution in [0.25, 0.3) is 5.65 Å². The highest BCUT2D eigenvalue weighted by molar-refractivity contribution is 5.79. The summed E-state index contributed by atoms with van der Waals surface area (Å²) in [6.45, 7) is 7.62. The lowest BCUT2D eigenvalue weighted by Crippen LogP contribution is -2.39. The first kappa shape index (κ1) is 19.9. The molecule has 0 radical (unpaired) electrons. The number of nitrogens with zero attached hydrogens (tertiary/aromatic N) is 3. The number of benzene rings is 1. The molecule has 0 aliphatic carbocycles. The van der Waals surface area contributed by atoms with Gasteiger partial charge < -0.3 is 20.1 Å². The number of hydrogen-bond donors (Lipinski definition) is 3. The van der Waals surface area contributed by atoms with Crippen molar-refractivity contribution in [3.63, 3.8) is 0 Å². The third-order valence-corrected chi connectivity index (χ3v) is 4.69. The van der Waals surface area contributed by atoms with Crippen molar-refractivity contribution in [3.8, 4) is 0 Å². The number of nitrogens with one attached hydrogen (secondary N) is 2. The topological polar surface area (TPSA) is 74.0 Å². The zero-order chi connectivity index (χ0) is 20.0. The minimum absolute atomic E-state index is 0.278. The second-order valence-electron chi connectivity index (χ2n) is 7.17. The van der Waals surface area contributed by atoms with E-state index in [1.807, 2.05) is 49.5 Å². The first-order chi connectivity index (χ1) is 13.5. The number of aromatic nitrogens is 2. The maximum atomic E-state index is 10.7. The molecule has 0 aliphatic rings. The van der Waals surface area contributed by atoms with Crippen LogP contribution in [0, 0.1) is 6.92 Å². The highest BCUT2D eigenvalue weighted by Crippen LogP contribution is 2.20. The van der Waals surface area contributed by atoms with Gasteiger partial charge in [0.2, 0.25) is 0 Å². The van der Waals surface area contributed by atoms with E-state index in [2.05, 4.69) is 39.2 Å². The van der Waals surface area contributed by atoms with Gasteiger partial charge in [-0.3, -0.25) is 0 Å². The molecule has 0 bridgehead atoms. The Kier molecular flexibility index (Phi) is 6.31. The van der Waals surface area contributed by atoms with Gasteiger partial charge in [-0.05, 0) is 38.0 Å². The monoisotopic (exact) mass is 379 g/mol. The summed E-state index contributed by atoms with van der Waals surface area (Å²) < 4.78 is 2.06. The first-order valence-corrected chi connectivity index (χ1v) is 9.73. The fraction of sp³-hybridized carbons (Fsp3) is 0.364. The number of rotatable bonds is 7. The minimum Gasteiger partial charge on any atom is -0.384 e. The number of fused-ring (bicyclic) bond motifs is 1. The molecule has 0 saturated carbocycles. The molecule has 148 valence electrons. The molecule has 0 amide bonds. The number of imidazole rings is 1. The van der Waals surface area contributed by atoms with Crippen molar-refractivity contribution in [3.05, 3.63) is 71.7 Å². The van der Waals surface area contributed by atoms with Crippen molar-refractivity contribution in [2.24, 2.45) is 4.99 Å². The van der Waals surface area contributed by atoms with Crippen LogP contribution in [0.5, 0.6) is 0 Å². The summed E-state index contributed by atoms with van der Waals surface area (Å²) in [4.78, 5) is 9.27. The smallest absolute Gasteiger partial charge is 0.191 e. The molecule has 0 spiro atoms. The number of aliphatic hydroxyl groups is 1. The lowest BCUT2D eigenvalue weighted by molar-refractivity contribution is 0.0672. The highest BCUT2D eigenvalue weighted by Gasteiger charge is 2.22. The van der Waals surface area contributed by atoms with Gasteiger partial charge in [0.25, 0.3) is 0 Å². The van der Waals surface area contributed by atoms with E-state index in [9.17, 15) is 5.11 Å². The van der Waals surface area contributed by atoms with Crippen LogP contribution < -0.4 is 10.6 Å². The fourth-order valence-electron chi connectivity index (χ4n) is 3.10. The van der Waals surface area contributed by atoms with Crippen molar-refractivity contribution in [1.82, 2.24) is 20.0 Å². The largest absolute Gasteiger partial charge is 0.384 e. The van der Waals surface area contributed by atoms with Crippen molar-refractivity contribution < 1.29 is 5.11 Å². The SMILES string of the molecule is CCNC(=NCC(C)(O)c1ccccc1)NCCc1cn2cccc(C)c2n1. The number of aliphatic imine (C=N–C) groups is 1. The summed E-state index contributed by atoms with van der Waals surface area (Å²) in [5.74, 6) is 0.693. The van der Waals surface area contributed by atoms with E-state index in [4.69, 9.17) is 4.98 Å². The normalized spacial score (nSPS) is 14.1. The summed E-state index contributed by atoms with van der Waals surface area (Å²) in [6, 6.07) is 13.7. The van der Waals surface area contributed by atoms with Crippen LogP contribution in [0.1, 0.15) is 30.7 Å². The Morgan fingerprint density at radius 1 is 1.18 bits per heavy atom. The summed E-state index contributed by atoms with van der Waals surface area (Å²) in [6.07, 6.45) is 4.87. The van der Waals surface area contributed by atoms with Crippen molar-refractivity contribution >= 4 is 11.6 Å². The molecule has 1 atom stereocenters. The van der Waals surface area contributed by atoms with E-state index < -0.39 is 5.60 Å². The van der Waals surface area contributed by atoms with E-state index in [0.717, 1.165) is 29.9 Å². The van der Waals surface area contributed by atoms with Crippen LogP contribution in [0.3, 0.4) is 0 Å². The predicted molar refractivity (Wildman–Crippen MR) is 114 cm³/mol.